The molecule has 0 aliphatic rings. The van der Waals surface area contributed by atoms with Gasteiger partial charge in [-0.25, -0.2) is 4.98 Å². The van der Waals surface area contributed by atoms with Gasteiger partial charge in [-0.15, -0.1) is 0 Å². The monoisotopic (exact) mass is 385 g/mol. The third-order valence-corrected chi connectivity index (χ3v) is 4.79. The Balaban J connectivity index is 2.18. The molecule has 0 saturated carbocycles. The van der Waals surface area contributed by atoms with Crippen molar-refractivity contribution < 1.29 is 4.74 Å². The van der Waals surface area contributed by atoms with Gasteiger partial charge < -0.3 is 10.1 Å². The Kier molecular flexibility index (Phi) is 6.14. The molecule has 0 radical (unpaired) electrons. The van der Waals surface area contributed by atoms with Crippen LogP contribution in [0, 0.1) is 0 Å². The fourth-order valence-electron chi connectivity index (χ4n) is 3.03. The molecule has 6 heteroatoms. The Bertz CT molecular complexity index is 983. The van der Waals surface area contributed by atoms with Gasteiger partial charge in [-0.1, -0.05) is 24.9 Å². The Labute approximate surface area is 164 Å². The van der Waals surface area contributed by atoms with E-state index in [9.17, 15) is 4.79 Å². The molecule has 0 saturated heterocycles. The third-order valence-electron chi connectivity index (χ3n) is 4.56. The van der Waals surface area contributed by atoms with Crippen molar-refractivity contribution in [2.24, 2.45) is 0 Å². The molecule has 0 amide bonds. The summed E-state index contributed by atoms with van der Waals surface area (Å²) in [7, 11) is 1.62. The number of halogens is 1. The zero-order chi connectivity index (χ0) is 19.4. The van der Waals surface area contributed by atoms with Crippen LogP contribution in [0.25, 0.3) is 16.6 Å². The zero-order valence-electron chi connectivity index (χ0n) is 15.8. The number of fused-ring (bicyclic) bond motifs is 1. The fraction of sp³-hybridized carbons (Fsp3) is 0.333. The minimum absolute atomic E-state index is 0.0882. The van der Waals surface area contributed by atoms with Crippen molar-refractivity contribution in [2.75, 3.05) is 13.7 Å². The molecule has 0 unspecified atom stereocenters. The van der Waals surface area contributed by atoms with Crippen LogP contribution >= 0.6 is 11.6 Å². The molecule has 1 atom stereocenters. The molecule has 2 aromatic carbocycles. The highest BCUT2D eigenvalue weighted by Crippen LogP contribution is 2.22. The highest BCUT2D eigenvalue weighted by molar-refractivity contribution is 6.31. The topological polar surface area (TPSA) is 56.2 Å². The molecular formula is C21H24ClN3O2. The molecule has 142 valence electrons. The van der Waals surface area contributed by atoms with E-state index in [-0.39, 0.29) is 11.6 Å². The highest BCUT2D eigenvalue weighted by atomic mass is 35.5. The lowest BCUT2D eigenvalue weighted by molar-refractivity contribution is 0.414. The van der Waals surface area contributed by atoms with Gasteiger partial charge in [0.05, 0.1) is 29.7 Å². The number of hydrogen-bond acceptors (Lipinski definition) is 4. The van der Waals surface area contributed by atoms with Crippen molar-refractivity contribution in [1.82, 2.24) is 14.9 Å². The predicted molar refractivity (Wildman–Crippen MR) is 110 cm³/mol. The lowest BCUT2D eigenvalue weighted by Gasteiger charge is -2.20. The first-order chi connectivity index (χ1) is 13.0. The molecule has 3 rings (SSSR count). The van der Waals surface area contributed by atoms with Crippen LogP contribution in [0.3, 0.4) is 0 Å². The van der Waals surface area contributed by atoms with Gasteiger partial charge in [0.15, 0.2) is 0 Å². The molecule has 0 aliphatic carbocycles. The van der Waals surface area contributed by atoms with Crippen molar-refractivity contribution in [1.29, 1.82) is 0 Å². The first-order valence-corrected chi connectivity index (χ1v) is 9.53. The summed E-state index contributed by atoms with van der Waals surface area (Å²) in [5.74, 6) is 1.40. The molecule has 1 aromatic heterocycles. The summed E-state index contributed by atoms with van der Waals surface area (Å²) in [5.41, 5.74) is 1.25. The van der Waals surface area contributed by atoms with Crippen molar-refractivity contribution >= 4 is 22.5 Å². The standard InChI is InChI=1S/C21H24ClN3O2/c1-4-5-12-23-14(2)20-24-19-13-15(22)6-11-18(19)21(26)25(20)16-7-9-17(27-3)10-8-16/h6-11,13-14,23H,4-5,12H2,1-3H3/t14-/m0/s1. The van der Waals surface area contributed by atoms with Crippen molar-refractivity contribution in [3.8, 4) is 11.4 Å². The summed E-state index contributed by atoms with van der Waals surface area (Å²) in [4.78, 5) is 18.0. The number of aromatic nitrogens is 2. The molecule has 0 bridgehead atoms. The molecule has 0 spiro atoms. The summed E-state index contributed by atoms with van der Waals surface area (Å²) in [6.45, 7) is 5.04. The number of rotatable bonds is 7. The second-order valence-electron chi connectivity index (χ2n) is 6.50. The number of hydrogen-bond donors (Lipinski definition) is 1. The van der Waals surface area contributed by atoms with E-state index in [1.807, 2.05) is 31.2 Å². The van der Waals surface area contributed by atoms with E-state index in [0.717, 1.165) is 30.8 Å². The predicted octanol–water partition coefficient (Wildman–Crippen LogP) is 4.50. The van der Waals surface area contributed by atoms with Crippen LogP contribution in [0.5, 0.6) is 5.75 Å². The molecule has 1 N–H and O–H groups in total. The number of methoxy groups -OCH3 is 1. The van der Waals surface area contributed by atoms with Gasteiger partial charge in [-0.05, 0) is 62.4 Å². The van der Waals surface area contributed by atoms with Gasteiger partial charge in [-0.3, -0.25) is 9.36 Å². The number of unbranched alkanes of at least 4 members (excludes halogenated alkanes) is 1. The van der Waals surface area contributed by atoms with Gasteiger partial charge in [0.25, 0.3) is 5.56 Å². The van der Waals surface area contributed by atoms with E-state index in [4.69, 9.17) is 21.3 Å². The summed E-state index contributed by atoms with van der Waals surface area (Å²) < 4.78 is 6.90. The van der Waals surface area contributed by atoms with Crippen molar-refractivity contribution in [2.45, 2.75) is 32.7 Å². The van der Waals surface area contributed by atoms with Crippen LogP contribution < -0.4 is 15.6 Å². The normalized spacial score (nSPS) is 12.3. The SMILES string of the molecule is CCCCN[C@@H](C)c1nc2cc(Cl)ccc2c(=O)n1-c1ccc(OC)cc1. The smallest absolute Gasteiger partial charge is 0.266 e. The second kappa shape index (κ2) is 8.55. The number of benzene rings is 2. The summed E-state index contributed by atoms with van der Waals surface area (Å²) in [6.07, 6.45) is 2.17. The third kappa shape index (κ3) is 4.15. The van der Waals surface area contributed by atoms with Crippen LogP contribution in [0.2, 0.25) is 5.02 Å². The average Bonchev–Trinajstić information content (AvgIpc) is 2.68. The minimum atomic E-state index is -0.110. The molecule has 1 heterocycles. The van der Waals surface area contributed by atoms with Gasteiger partial charge in [0.2, 0.25) is 0 Å². The van der Waals surface area contributed by atoms with E-state index in [2.05, 4.69) is 12.2 Å². The molecule has 0 aliphatic heterocycles. The fourth-order valence-corrected chi connectivity index (χ4v) is 3.20. The summed E-state index contributed by atoms with van der Waals surface area (Å²) >= 11 is 6.12. The lowest BCUT2D eigenvalue weighted by Crippen LogP contribution is -2.30. The van der Waals surface area contributed by atoms with Gasteiger partial charge >= 0.3 is 0 Å². The number of nitrogens with one attached hydrogen (secondary N) is 1. The lowest BCUT2D eigenvalue weighted by atomic mass is 10.2. The maximum atomic E-state index is 13.3. The van der Waals surface area contributed by atoms with E-state index < -0.39 is 0 Å². The Morgan fingerprint density at radius 1 is 1.22 bits per heavy atom. The van der Waals surface area contributed by atoms with E-state index in [0.29, 0.717) is 21.7 Å². The first-order valence-electron chi connectivity index (χ1n) is 9.15. The Hall–Kier alpha value is -2.37. The van der Waals surface area contributed by atoms with Crippen molar-refractivity contribution in [3.63, 3.8) is 0 Å². The van der Waals surface area contributed by atoms with E-state index in [1.165, 1.54) is 0 Å². The Morgan fingerprint density at radius 3 is 2.63 bits per heavy atom. The number of ether oxygens (including phenoxy) is 1. The van der Waals surface area contributed by atoms with Crippen LogP contribution in [-0.4, -0.2) is 23.2 Å². The van der Waals surface area contributed by atoms with Crippen molar-refractivity contribution in [3.05, 3.63) is 63.7 Å². The Morgan fingerprint density at radius 2 is 1.96 bits per heavy atom. The maximum Gasteiger partial charge on any atom is 0.266 e. The van der Waals surface area contributed by atoms with E-state index in [1.54, 1.807) is 29.9 Å². The summed E-state index contributed by atoms with van der Waals surface area (Å²) in [5, 5.41) is 4.56. The van der Waals surface area contributed by atoms with Crippen LogP contribution in [0.4, 0.5) is 0 Å². The quantitative estimate of drug-likeness (QED) is 0.608. The molecule has 27 heavy (non-hydrogen) atoms. The van der Waals surface area contributed by atoms with Crippen LogP contribution in [0.1, 0.15) is 38.6 Å². The van der Waals surface area contributed by atoms with Crippen LogP contribution in [0.15, 0.2) is 47.3 Å². The second-order valence-corrected chi connectivity index (χ2v) is 6.94. The first kappa shape index (κ1) is 19.4. The van der Waals surface area contributed by atoms with Gasteiger partial charge in [0.1, 0.15) is 11.6 Å². The zero-order valence-corrected chi connectivity index (χ0v) is 16.6. The number of nitrogens with zero attached hydrogens (tertiary/aromatic N) is 2. The largest absolute Gasteiger partial charge is 0.497 e. The highest BCUT2D eigenvalue weighted by Gasteiger charge is 2.18. The minimum Gasteiger partial charge on any atom is -0.497 e. The summed E-state index contributed by atoms with van der Waals surface area (Å²) in [6, 6.07) is 12.5. The van der Waals surface area contributed by atoms with E-state index >= 15 is 0 Å². The molecular weight excluding hydrogens is 362 g/mol. The molecule has 0 fully saturated rings. The van der Waals surface area contributed by atoms with Gasteiger partial charge in [-0.2, -0.15) is 0 Å². The van der Waals surface area contributed by atoms with Crippen LogP contribution in [-0.2, 0) is 0 Å². The van der Waals surface area contributed by atoms with Gasteiger partial charge in [0, 0.05) is 5.02 Å². The molecule has 3 aromatic rings. The maximum absolute atomic E-state index is 13.3. The molecule has 5 nitrogen and oxygen atoms in total. The average molecular weight is 386 g/mol.